The molecule has 0 aliphatic rings. The Balaban J connectivity index is 2.44. The first kappa shape index (κ1) is 9.93. The van der Waals surface area contributed by atoms with E-state index in [0.29, 0.717) is 12.4 Å². The Morgan fingerprint density at radius 3 is 2.80 bits per heavy atom. The van der Waals surface area contributed by atoms with Gasteiger partial charge in [-0.3, -0.25) is 0 Å². The molecule has 0 radical (unpaired) electrons. The lowest BCUT2D eigenvalue weighted by Gasteiger charge is -2.02. The van der Waals surface area contributed by atoms with Crippen molar-refractivity contribution in [3.05, 3.63) is 41.8 Å². The van der Waals surface area contributed by atoms with Gasteiger partial charge in [0.15, 0.2) is 0 Å². The number of benzene rings is 1. The Morgan fingerprint density at radius 1 is 1.33 bits per heavy atom. The van der Waals surface area contributed by atoms with Crippen molar-refractivity contribution < 1.29 is 4.42 Å². The molecule has 15 heavy (non-hydrogen) atoms. The quantitative estimate of drug-likeness (QED) is 0.831. The Kier molecular flexibility index (Phi) is 2.83. The Hall–Kier alpha value is -1.61. The van der Waals surface area contributed by atoms with E-state index >= 15 is 0 Å². The monoisotopic (exact) mass is 202 g/mol. The Bertz CT molecular complexity index is 448. The summed E-state index contributed by atoms with van der Waals surface area (Å²) in [4.78, 5) is 4.32. The minimum Gasteiger partial charge on any atom is -0.444 e. The van der Waals surface area contributed by atoms with Crippen LogP contribution in [0, 0.1) is 0 Å². The molecule has 2 rings (SSSR count). The SMILES string of the molecule is CCc1ccccc1-c1nc(CN)co1. The molecular weight excluding hydrogens is 188 g/mol. The van der Waals surface area contributed by atoms with Crippen LogP contribution in [0.15, 0.2) is 34.9 Å². The van der Waals surface area contributed by atoms with Crippen molar-refractivity contribution in [3.8, 4) is 11.5 Å². The van der Waals surface area contributed by atoms with E-state index in [9.17, 15) is 0 Å². The standard InChI is InChI=1S/C12H14N2O/c1-2-9-5-3-4-6-11(9)12-14-10(7-13)8-15-12/h3-6,8H,2,7,13H2,1H3. The second kappa shape index (κ2) is 4.28. The van der Waals surface area contributed by atoms with E-state index in [2.05, 4.69) is 18.0 Å². The predicted molar refractivity (Wildman–Crippen MR) is 59.2 cm³/mol. The first-order valence-corrected chi connectivity index (χ1v) is 5.08. The summed E-state index contributed by atoms with van der Waals surface area (Å²) in [6, 6.07) is 8.11. The molecule has 1 aromatic heterocycles. The molecule has 2 N–H and O–H groups in total. The average Bonchev–Trinajstić information content (AvgIpc) is 2.77. The van der Waals surface area contributed by atoms with Crippen LogP contribution in [-0.4, -0.2) is 4.98 Å². The zero-order valence-electron chi connectivity index (χ0n) is 8.73. The van der Waals surface area contributed by atoms with Crippen LogP contribution in [-0.2, 0) is 13.0 Å². The highest BCUT2D eigenvalue weighted by Crippen LogP contribution is 2.23. The zero-order chi connectivity index (χ0) is 10.7. The van der Waals surface area contributed by atoms with E-state index in [4.69, 9.17) is 10.2 Å². The summed E-state index contributed by atoms with van der Waals surface area (Å²) in [5.74, 6) is 0.660. The van der Waals surface area contributed by atoms with E-state index < -0.39 is 0 Å². The summed E-state index contributed by atoms with van der Waals surface area (Å²) < 4.78 is 5.39. The topological polar surface area (TPSA) is 52.0 Å². The molecule has 0 saturated heterocycles. The molecule has 3 nitrogen and oxygen atoms in total. The summed E-state index contributed by atoms with van der Waals surface area (Å²) in [5, 5.41) is 0. The van der Waals surface area contributed by atoms with Crippen molar-refractivity contribution in [2.75, 3.05) is 0 Å². The molecule has 1 heterocycles. The maximum Gasteiger partial charge on any atom is 0.226 e. The number of hydrogen-bond donors (Lipinski definition) is 1. The van der Waals surface area contributed by atoms with Gasteiger partial charge in [0.2, 0.25) is 5.89 Å². The van der Waals surface area contributed by atoms with Gasteiger partial charge < -0.3 is 10.2 Å². The van der Waals surface area contributed by atoms with E-state index in [-0.39, 0.29) is 0 Å². The second-order valence-electron chi connectivity index (χ2n) is 3.36. The van der Waals surface area contributed by atoms with Gasteiger partial charge in [-0.1, -0.05) is 25.1 Å². The molecule has 3 heteroatoms. The summed E-state index contributed by atoms with van der Waals surface area (Å²) in [7, 11) is 0. The number of hydrogen-bond acceptors (Lipinski definition) is 3. The summed E-state index contributed by atoms with van der Waals surface area (Å²) in [6.07, 6.45) is 2.58. The molecule has 2 aromatic rings. The van der Waals surface area contributed by atoms with Gasteiger partial charge in [-0.25, -0.2) is 4.98 Å². The average molecular weight is 202 g/mol. The van der Waals surface area contributed by atoms with Gasteiger partial charge in [0.1, 0.15) is 6.26 Å². The molecule has 0 aliphatic heterocycles. The highest BCUT2D eigenvalue weighted by atomic mass is 16.3. The predicted octanol–water partition coefficient (Wildman–Crippen LogP) is 2.36. The van der Waals surface area contributed by atoms with E-state index in [1.165, 1.54) is 5.56 Å². The second-order valence-corrected chi connectivity index (χ2v) is 3.36. The number of nitrogens with zero attached hydrogens (tertiary/aromatic N) is 1. The van der Waals surface area contributed by atoms with Crippen LogP contribution in [0.1, 0.15) is 18.2 Å². The Labute approximate surface area is 88.9 Å². The third-order valence-corrected chi connectivity index (χ3v) is 2.39. The normalized spacial score (nSPS) is 10.5. The lowest BCUT2D eigenvalue weighted by Crippen LogP contribution is -1.96. The van der Waals surface area contributed by atoms with Crippen molar-refractivity contribution in [1.82, 2.24) is 4.98 Å². The van der Waals surface area contributed by atoms with Crippen molar-refractivity contribution in [2.24, 2.45) is 5.73 Å². The van der Waals surface area contributed by atoms with E-state index in [1.807, 2.05) is 18.2 Å². The fourth-order valence-corrected chi connectivity index (χ4v) is 1.56. The number of rotatable bonds is 3. The van der Waals surface area contributed by atoms with E-state index in [1.54, 1.807) is 6.26 Å². The first-order chi connectivity index (χ1) is 7.35. The van der Waals surface area contributed by atoms with Crippen LogP contribution in [0.25, 0.3) is 11.5 Å². The fourth-order valence-electron chi connectivity index (χ4n) is 1.56. The zero-order valence-corrected chi connectivity index (χ0v) is 8.73. The van der Waals surface area contributed by atoms with Crippen LogP contribution >= 0.6 is 0 Å². The van der Waals surface area contributed by atoms with Crippen molar-refractivity contribution >= 4 is 0 Å². The van der Waals surface area contributed by atoms with Gasteiger partial charge in [-0.05, 0) is 18.1 Å². The van der Waals surface area contributed by atoms with Gasteiger partial charge in [0.05, 0.1) is 5.69 Å². The molecule has 0 bridgehead atoms. The van der Waals surface area contributed by atoms with Crippen LogP contribution in [0.5, 0.6) is 0 Å². The van der Waals surface area contributed by atoms with E-state index in [0.717, 1.165) is 17.7 Å². The largest absolute Gasteiger partial charge is 0.444 e. The maximum absolute atomic E-state index is 5.49. The van der Waals surface area contributed by atoms with Gasteiger partial charge in [0, 0.05) is 12.1 Å². The number of aryl methyl sites for hydroxylation is 1. The molecule has 0 saturated carbocycles. The highest BCUT2D eigenvalue weighted by molar-refractivity contribution is 5.58. The van der Waals surface area contributed by atoms with Crippen LogP contribution in [0.3, 0.4) is 0 Å². The molecule has 0 fully saturated rings. The molecule has 0 spiro atoms. The molecule has 0 atom stereocenters. The molecule has 0 amide bonds. The van der Waals surface area contributed by atoms with Gasteiger partial charge in [0.25, 0.3) is 0 Å². The first-order valence-electron chi connectivity index (χ1n) is 5.08. The van der Waals surface area contributed by atoms with Crippen LogP contribution in [0.2, 0.25) is 0 Å². The lowest BCUT2D eigenvalue weighted by molar-refractivity contribution is 0.572. The van der Waals surface area contributed by atoms with Crippen LogP contribution in [0.4, 0.5) is 0 Å². The molecule has 0 unspecified atom stereocenters. The number of oxazole rings is 1. The number of nitrogens with two attached hydrogens (primary N) is 1. The summed E-state index contributed by atoms with van der Waals surface area (Å²) in [5.41, 5.74) is 8.57. The van der Waals surface area contributed by atoms with Gasteiger partial charge in [-0.2, -0.15) is 0 Å². The van der Waals surface area contributed by atoms with Gasteiger partial charge in [-0.15, -0.1) is 0 Å². The lowest BCUT2D eigenvalue weighted by atomic mass is 10.1. The highest BCUT2D eigenvalue weighted by Gasteiger charge is 2.08. The smallest absolute Gasteiger partial charge is 0.226 e. The van der Waals surface area contributed by atoms with Gasteiger partial charge >= 0.3 is 0 Å². The third kappa shape index (κ3) is 1.92. The maximum atomic E-state index is 5.49. The third-order valence-electron chi connectivity index (χ3n) is 2.39. The Morgan fingerprint density at radius 2 is 2.13 bits per heavy atom. The minimum absolute atomic E-state index is 0.414. The molecule has 1 aromatic carbocycles. The molecule has 78 valence electrons. The number of aromatic nitrogens is 1. The summed E-state index contributed by atoms with van der Waals surface area (Å²) >= 11 is 0. The fraction of sp³-hybridized carbons (Fsp3) is 0.250. The molecule has 0 aliphatic carbocycles. The minimum atomic E-state index is 0.414. The summed E-state index contributed by atoms with van der Waals surface area (Å²) in [6.45, 7) is 2.53. The van der Waals surface area contributed by atoms with Crippen molar-refractivity contribution in [2.45, 2.75) is 19.9 Å². The van der Waals surface area contributed by atoms with Crippen molar-refractivity contribution in [1.29, 1.82) is 0 Å². The van der Waals surface area contributed by atoms with Crippen LogP contribution < -0.4 is 5.73 Å². The molecular formula is C12H14N2O. The van der Waals surface area contributed by atoms with Crippen molar-refractivity contribution in [3.63, 3.8) is 0 Å².